The molecule has 1 aromatic rings. The highest BCUT2D eigenvalue weighted by Crippen LogP contribution is 2.09. The molecule has 0 spiro atoms. The second-order valence-corrected chi connectivity index (χ2v) is 4.01. The fourth-order valence-corrected chi connectivity index (χ4v) is 1.51. The average molecular weight is 249 g/mol. The predicted octanol–water partition coefficient (Wildman–Crippen LogP) is 0.327. The van der Waals surface area contributed by atoms with E-state index < -0.39 is 12.1 Å². The van der Waals surface area contributed by atoms with Gasteiger partial charge in [0, 0.05) is 6.54 Å². The lowest BCUT2D eigenvalue weighted by Gasteiger charge is -2.17. The molecule has 4 N–H and O–H groups in total. The van der Waals surface area contributed by atoms with E-state index in [1.54, 1.807) is 19.1 Å². The van der Waals surface area contributed by atoms with Crippen LogP contribution in [0.2, 0.25) is 0 Å². The summed E-state index contributed by atoms with van der Waals surface area (Å²) in [6.07, 6.45) is 0. The first-order valence-electron chi connectivity index (χ1n) is 5.94. The molecule has 0 saturated carbocycles. The summed E-state index contributed by atoms with van der Waals surface area (Å²) in [4.78, 5) is 23.3. The van der Waals surface area contributed by atoms with Gasteiger partial charge >= 0.3 is 0 Å². The summed E-state index contributed by atoms with van der Waals surface area (Å²) in [6.45, 7) is 3.98. The van der Waals surface area contributed by atoms with Crippen molar-refractivity contribution in [2.24, 2.45) is 5.73 Å². The van der Waals surface area contributed by atoms with Crippen LogP contribution in [0.3, 0.4) is 0 Å². The van der Waals surface area contributed by atoms with Crippen LogP contribution < -0.4 is 16.4 Å². The maximum Gasteiger partial charge on any atom is 0.242 e. The number of nitrogens with two attached hydrogens (primary N) is 1. The van der Waals surface area contributed by atoms with Gasteiger partial charge in [-0.2, -0.15) is 0 Å². The topological polar surface area (TPSA) is 84.2 Å². The Morgan fingerprint density at radius 2 is 1.83 bits per heavy atom. The Balaban J connectivity index is 2.58. The lowest BCUT2D eigenvalue weighted by molar-refractivity contribution is -0.129. The van der Waals surface area contributed by atoms with Crippen LogP contribution in [0.1, 0.15) is 25.5 Å². The van der Waals surface area contributed by atoms with E-state index in [1.807, 2.05) is 25.1 Å². The summed E-state index contributed by atoms with van der Waals surface area (Å²) in [5.74, 6) is -0.578. The standard InChI is InChI=1S/C13H19N3O2/c1-3-15-12(17)9(2)16-13(18)11(14)10-7-5-4-6-8-10/h4-9,11H,3,14H2,1-2H3,(H,15,17)(H,16,18). The summed E-state index contributed by atoms with van der Waals surface area (Å²) in [6, 6.07) is 7.69. The molecule has 0 bridgehead atoms. The Bertz CT molecular complexity index is 406. The minimum absolute atomic E-state index is 0.217. The third-order valence-corrected chi connectivity index (χ3v) is 2.54. The summed E-state index contributed by atoms with van der Waals surface area (Å²) in [5, 5.41) is 5.22. The number of benzene rings is 1. The Morgan fingerprint density at radius 3 is 2.39 bits per heavy atom. The molecule has 1 rings (SSSR count). The Labute approximate surface area is 107 Å². The normalized spacial score (nSPS) is 13.5. The number of amides is 2. The van der Waals surface area contributed by atoms with Gasteiger partial charge in [-0.05, 0) is 19.4 Å². The van der Waals surface area contributed by atoms with Gasteiger partial charge in [-0.1, -0.05) is 30.3 Å². The van der Waals surface area contributed by atoms with E-state index in [1.165, 1.54) is 0 Å². The molecule has 2 unspecified atom stereocenters. The molecule has 0 radical (unpaired) electrons. The molecule has 0 aliphatic rings. The maximum atomic E-state index is 11.8. The molecule has 5 heteroatoms. The van der Waals surface area contributed by atoms with Gasteiger partial charge in [-0.3, -0.25) is 9.59 Å². The second-order valence-electron chi connectivity index (χ2n) is 4.01. The van der Waals surface area contributed by atoms with Crippen molar-refractivity contribution in [3.63, 3.8) is 0 Å². The second kappa shape index (κ2) is 6.76. The van der Waals surface area contributed by atoms with Crippen molar-refractivity contribution in [1.29, 1.82) is 0 Å². The lowest BCUT2D eigenvalue weighted by atomic mass is 10.1. The molecule has 0 aromatic heterocycles. The first-order chi connectivity index (χ1) is 8.56. The molecule has 0 heterocycles. The van der Waals surface area contributed by atoms with Crippen LogP contribution in [0.4, 0.5) is 0 Å². The highest BCUT2D eigenvalue weighted by molar-refractivity contribution is 5.89. The Hall–Kier alpha value is -1.88. The van der Waals surface area contributed by atoms with Crippen LogP contribution in [0.5, 0.6) is 0 Å². The quantitative estimate of drug-likeness (QED) is 0.703. The first-order valence-corrected chi connectivity index (χ1v) is 5.94. The molecule has 5 nitrogen and oxygen atoms in total. The van der Waals surface area contributed by atoms with Crippen LogP contribution in [-0.4, -0.2) is 24.4 Å². The third kappa shape index (κ3) is 3.85. The van der Waals surface area contributed by atoms with Crippen molar-refractivity contribution < 1.29 is 9.59 Å². The van der Waals surface area contributed by atoms with E-state index in [4.69, 9.17) is 5.73 Å². The summed E-state index contributed by atoms with van der Waals surface area (Å²) in [5.41, 5.74) is 6.54. The number of hydrogen-bond acceptors (Lipinski definition) is 3. The zero-order valence-corrected chi connectivity index (χ0v) is 10.6. The van der Waals surface area contributed by atoms with Crippen molar-refractivity contribution >= 4 is 11.8 Å². The van der Waals surface area contributed by atoms with Gasteiger partial charge in [0.1, 0.15) is 12.1 Å². The lowest BCUT2D eigenvalue weighted by Crippen LogP contribution is -2.47. The van der Waals surface area contributed by atoms with Crippen molar-refractivity contribution in [2.75, 3.05) is 6.54 Å². The van der Waals surface area contributed by atoms with Gasteiger partial charge in [-0.25, -0.2) is 0 Å². The van der Waals surface area contributed by atoms with Crippen LogP contribution in [0.15, 0.2) is 30.3 Å². The largest absolute Gasteiger partial charge is 0.355 e. The van der Waals surface area contributed by atoms with E-state index in [0.717, 1.165) is 5.56 Å². The number of carbonyl (C=O) groups excluding carboxylic acids is 2. The SMILES string of the molecule is CCNC(=O)C(C)NC(=O)C(N)c1ccccc1. The smallest absolute Gasteiger partial charge is 0.242 e. The van der Waals surface area contributed by atoms with Gasteiger partial charge < -0.3 is 16.4 Å². The number of carbonyl (C=O) groups is 2. The molecule has 2 amide bonds. The average Bonchev–Trinajstić information content (AvgIpc) is 2.39. The van der Waals surface area contributed by atoms with Crippen molar-refractivity contribution in [2.45, 2.75) is 25.9 Å². The van der Waals surface area contributed by atoms with Gasteiger partial charge in [0.25, 0.3) is 0 Å². The summed E-state index contributed by atoms with van der Waals surface area (Å²) in [7, 11) is 0. The highest BCUT2D eigenvalue weighted by atomic mass is 16.2. The van der Waals surface area contributed by atoms with Gasteiger partial charge in [-0.15, -0.1) is 0 Å². The zero-order chi connectivity index (χ0) is 13.5. The molecule has 2 atom stereocenters. The van der Waals surface area contributed by atoms with Crippen molar-refractivity contribution in [3.8, 4) is 0 Å². The third-order valence-electron chi connectivity index (χ3n) is 2.54. The number of likely N-dealkylation sites (N-methyl/N-ethyl adjacent to an activating group) is 1. The Kier molecular flexibility index (Phi) is 5.32. The molecular weight excluding hydrogens is 230 g/mol. The minimum Gasteiger partial charge on any atom is -0.355 e. The number of hydrogen-bond donors (Lipinski definition) is 3. The van der Waals surface area contributed by atoms with E-state index in [0.29, 0.717) is 6.54 Å². The molecule has 0 aliphatic heterocycles. The van der Waals surface area contributed by atoms with Crippen molar-refractivity contribution in [3.05, 3.63) is 35.9 Å². The highest BCUT2D eigenvalue weighted by Gasteiger charge is 2.20. The van der Waals surface area contributed by atoms with E-state index in [2.05, 4.69) is 10.6 Å². The van der Waals surface area contributed by atoms with Crippen LogP contribution in [0.25, 0.3) is 0 Å². The number of nitrogens with one attached hydrogen (secondary N) is 2. The van der Waals surface area contributed by atoms with E-state index in [9.17, 15) is 9.59 Å². The molecule has 0 aliphatic carbocycles. The summed E-state index contributed by atoms with van der Waals surface area (Å²) < 4.78 is 0. The molecule has 1 aromatic carbocycles. The van der Waals surface area contributed by atoms with Gasteiger partial charge in [0.05, 0.1) is 0 Å². The van der Waals surface area contributed by atoms with Gasteiger partial charge in [0.2, 0.25) is 11.8 Å². The fraction of sp³-hybridized carbons (Fsp3) is 0.385. The van der Waals surface area contributed by atoms with Crippen molar-refractivity contribution in [1.82, 2.24) is 10.6 Å². The number of rotatable bonds is 5. The van der Waals surface area contributed by atoms with E-state index >= 15 is 0 Å². The fourth-order valence-electron chi connectivity index (χ4n) is 1.51. The van der Waals surface area contributed by atoms with Crippen LogP contribution in [-0.2, 0) is 9.59 Å². The van der Waals surface area contributed by atoms with Crippen LogP contribution >= 0.6 is 0 Å². The molecule has 0 saturated heterocycles. The monoisotopic (exact) mass is 249 g/mol. The first kappa shape index (κ1) is 14.2. The summed E-state index contributed by atoms with van der Waals surface area (Å²) >= 11 is 0. The minimum atomic E-state index is -0.761. The maximum absolute atomic E-state index is 11.8. The molecule has 98 valence electrons. The predicted molar refractivity (Wildman–Crippen MR) is 69.7 cm³/mol. The van der Waals surface area contributed by atoms with Gasteiger partial charge in [0.15, 0.2) is 0 Å². The molecule has 0 fully saturated rings. The van der Waals surface area contributed by atoms with E-state index in [-0.39, 0.29) is 11.8 Å². The zero-order valence-electron chi connectivity index (χ0n) is 10.6. The van der Waals surface area contributed by atoms with Crippen LogP contribution in [0, 0.1) is 0 Å². The molecular formula is C13H19N3O2. The molecule has 18 heavy (non-hydrogen) atoms. The Morgan fingerprint density at radius 1 is 1.22 bits per heavy atom.